The van der Waals surface area contributed by atoms with Crippen LogP contribution in [0.15, 0.2) is 72.2 Å². The van der Waals surface area contributed by atoms with E-state index in [4.69, 9.17) is 9.47 Å². The monoisotopic (exact) mass is 534 g/mol. The van der Waals surface area contributed by atoms with Crippen LogP contribution in [0.4, 0.5) is 4.39 Å². The molecule has 7 nitrogen and oxygen atoms in total. The lowest BCUT2D eigenvalue weighted by Crippen LogP contribution is -2.27. The third-order valence-electron chi connectivity index (χ3n) is 6.05. The number of ether oxygens (including phenoxy) is 2. The number of aromatic nitrogens is 2. The second-order valence-electron chi connectivity index (χ2n) is 8.69. The van der Waals surface area contributed by atoms with E-state index in [-0.39, 0.29) is 11.7 Å². The Labute approximate surface area is 226 Å². The van der Waals surface area contributed by atoms with Gasteiger partial charge < -0.3 is 14.8 Å². The molecule has 2 aromatic carbocycles. The zero-order chi connectivity index (χ0) is 26.7. The molecule has 0 saturated heterocycles. The predicted octanol–water partition coefficient (Wildman–Crippen LogP) is 4.91. The van der Waals surface area contributed by atoms with Gasteiger partial charge in [0, 0.05) is 48.9 Å². The maximum absolute atomic E-state index is 14.5. The van der Waals surface area contributed by atoms with Gasteiger partial charge in [-0.05, 0) is 42.3 Å². The topological polar surface area (TPSA) is 76.6 Å². The van der Waals surface area contributed by atoms with Crippen molar-refractivity contribution in [1.29, 1.82) is 0 Å². The molecule has 0 saturated carbocycles. The maximum Gasteiger partial charge on any atom is 0.270 e. The van der Waals surface area contributed by atoms with E-state index in [1.807, 2.05) is 42.5 Å². The number of thiazole rings is 1. The van der Waals surface area contributed by atoms with Crippen molar-refractivity contribution >= 4 is 17.2 Å². The van der Waals surface area contributed by atoms with Crippen LogP contribution < -0.4 is 14.8 Å². The minimum absolute atomic E-state index is 0.214. The highest BCUT2D eigenvalue weighted by Gasteiger charge is 2.16. The number of halogens is 1. The van der Waals surface area contributed by atoms with E-state index < -0.39 is 0 Å². The van der Waals surface area contributed by atoms with E-state index in [9.17, 15) is 9.18 Å². The molecule has 38 heavy (non-hydrogen) atoms. The molecule has 0 aliphatic heterocycles. The Hall–Kier alpha value is -3.82. The summed E-state index contributed by atoms with van der Waals surface area (Å²) in [5.41, 5.74) is 3.00. The first-order valence-electron chi connectivity index (χ1n) is 12.3. The molecule has 1 amide bonds. The van der Waals surface area contributed by atoms with Gasteiger partial charge in [0.2, 0.25) is 0 Å². The van der Waals surface area contributed by atoms with Crippen LogP contribution in [0.25, 0.3) is 0 Å². The second-order valence-corrected chi connectivity index (χ2v) is 9.64. The molecule has 2 heterocycles. The van der Waals surface area contributed by atoms with Gasteiger partial charge in [-0.2, -0.15) is 0 Å². The van der Waals surface area contributed by atoms with E-state index in [0.717, 1.165) is 22.7 Å². The molecule has 0 fully saturated rings. The second kappa shape index (κ2) is 13.6. The highest BCUT2D eigenvalue weighted by Crippen LogP contribution is 2.28. The third kappa shape index (κ3) is 7.60. The van der Waals surface area contributed by atoms with Crippen molar-refractivity contribution in [3.8, 4) is 11.5 Å². The SMILES string of the molecule is COc1ccc(CCN(Cc2nc(C(=O)NCCc3ccccn3)cs2)Cc2ccccc2F)cc1OC. The van der Waals surface area contributed by atoms with Crippen LogP contribution in [-0.2, 0) is 25.9 Å². The van der Waals surface area contributed by atoms with Gasteiger partial charge in [-0.15, -0.1) is 11.3 Å². The summed E-state index contributed by atoms with van der Waals surface area (Å²) < 4.78 is 25.2. The van der Waals surface area contributed by atoms with Crippen LogP contribution in [0.3, 0.4) is 0 Å². The first kappa shape index (κ1) is 27.2. The number of rotatable bonds is 13. The molecule has 0 bridgehead atoms. The van der Waals surface area contributed by atoms with Gasteiger partial charge >= 0.3 is 0 Å². The molecule has 4 aromatic rings. The summed E-state index contributed by atoms with van der Waals surface area (Å²) in [4.78, 5) is 23.6. The largest absolute Gasteiger partial charge is 0.493 e. The van der Waals surface area contributed by atoms with Crippen LogP contribution in [0.5, 0.6) is 11.5 Å². The van der Waals surface area contributed by atoms with Gasteiger partial charge in [0.15, 0.2) is 11.5 Å². The fraction of sp³-hybridized carbons (Fsp3) is 0.276. The van der Waals surface area contributed by atoms with Crippen LogP contribution >= 0.6 is 11.3 Å². The number of hydrogen-bond acceptors (Lipinski definition) is 7. The molecular formula is C29H31FN4O3S. The van der Waals surface area contributed by atoms with Crippen LogP contribution in [-0.4, -0.2) is 48.1 Å². The number of amides is 1. The van der Waals surface area contributed by atoms with Gasteiger partial charge in [-0.25, -0.2) is 9.37 Å². The van der Waals surface area contributed by atoms with E-state index in [1.165, 1.54) is 17.4 Å². The lowest BCUT2D eigenvalue weighted by atomic mass is 10.1. The molecule has 0 spiro atoms. The van der Waals surface area contributed by atoms with Crippen molar-refractivity contribution in [3.05, 3.63) is 106 Å². The van der Waals surface area contributed by atoms with Crippen molar-refractivity contribution in [1.82, 2.24) is 20.2 Å². The number of carbonyl (C=O) groups is 1. The minimum Gasteiger partial charge on any atom is -0.493 e. The molecule has 0 radical (unpaired) electrons. The third-order valence-corrected chi connectivity index (χ3v) is 6.89. The molecular weight excluding hydrogens is 503 g/mol. The smallest absolute Gasteiger partial charge is 0.270 e. The number of benzene rings is 2. The molecule has 198 valence electrons. The average Bonchev–Trinajstić information content (AvgIpc) is 3.42. The zero-order valence-electron chi connectivity index (χ0n) is 21.5. The van der Waals surface area contributed by atoms with E-state index in [0.29, 0.717) is 55.4 Å². The summed E-state index contributed by atoms with van der Waals surface area (Å²) in [6, 6.07) is 18.3. The Balaban J connectivity index is 1.40. The molecule has 0 aliphatic rings. The molecule has 0 unspecified atom stereocenters. The fourth-order valence-corrected chi connectivity index (χ4v) is 4.84. The number of methoxy groups -OCH3 is 2. The Morgan fingerprint density at radius 1 is 1.00 bits per heavy atom. The number of hydrogen-bond donors (Lipinski definition) is 1. The Morgan fingerprint density at radius 2 is 1.82 bits per heavy atom. The van der Waals surface area contributed by atoms with Gasteiger partial charge in [0.25, 0.3) is 5.91 Å². The summed E-state index contributed by atoms with van der Waals surface area (Å²) in [6.07, 6.45) is 3.11. The quantitative estimate of drug-likeness (QED) is 0.263. The first-order valence-corrected chi connectivity index (χ1v) is 13.2. The van der Waals surface area contributed by atoms with E-state index in [2.05, 4.69) is 20.2 Å². The number of nitrogens with zero attached hydrogens (tertiary/aromatic N) is 3. The average molecular weight is 535 g/mol. The lowest BCUT2D eigenvalue weighted by molar-refractivity contribution is 0.0949. The molecule has 9 heteroatoms. The van der Waals surface area contributed by atoms with E-state index >= 15 is 0 Å². The van der Waals surface area contributed by atoms with Crippen LogP contribution in [0.2, 0.25) is 0 Å². The molecule has 1 N–H and O–H groups in total. The number of carbonyl (C=O) groups excluding carboxylic acids is 1. The highest BCUT2D eigenvalue weighted by molar-refractivity contribution is 7.09. The van der Waals surface area contributed by atoms with Gasteiger partial charge in [0.05, 0.1) is 20.8 Å². The van der Waals surface area contributed by atoms with Crippen molar-refractivity contribution < 1.29 is 18.7 Å². The van der Waals surface area contributed by atoms with Gasteiger partial charge in [-0.3, -0.25) is 14.7 Å². The van der Waals surface area contributed by atoms with Crippen molar-refractivity contribution in [2.75, 3.05) is 27.3 Å². The molecule has 4 rings (SSSR count). The van der Waals surface area contributed by atoms with Crippen molar-refractivity contribution in [2.24, 2.45) is 0 Å². The summed E-state index contributed by atoms with van der Waals surface area (Å²) in [5, 5.41) is 5.47. The number of pyridine rings is 1. The number of nitrogens with one attached hydrogen (secondary N) is 1. The predicted molar refractivity (Wildman–Crippen MR) is 146 cm³/mol. The van der Waals surface area contributed by atoms with Crippen LogP contribution in [0.1, 0.15) is 32.3 Å². The summed E-state index contributed by atoms with van der Waals surface area (Å²) in [6.45, 7) is 2.06. The standard InChI is InChI=1S/C29H31FN4O3S/c1-36-26-11-10-21(17-27(26)37-2)13-16-34(18-22-7-3-4-9-24(22)30)19-28-33-25(20-38-28)29(35)32-15-12-23-8-5-6-14-31-23/h3-11,14,17,20H,12-13,15-16,18-19H2,1-2H3,(H,32,35). The maximum atomic E-state index is 14.5. The van der Waals surface area contributed by atoms with Gasteiger partial charge in [0.1, 0.15) is 16.5 Å². The Bertz CT molecular complexity index is 1330. The van der Waals surface area contributed by atoms with Crippen molar-refractivity contribution in [3.63, 3.8) is 0 Å². The van der Waals surface area contributed by atoms with E-state index in [1.54, 1.807) is 37.9 Å². The first-order chi connectivity index (χ1) is 18.6. The normalized spacial score (nSPS) is 10.9. The minimum atomic E-state index is -0.240. The summed E-state index contributed by atoms with van der Waals surface area (Å²) >= 11 is 1.43. The highest BCUT2D eigenvalue weighted by atomic mass is 32.1. The van der Waals surface area contributed by atoms with Gasteiger partial charge in [-0.1, -0.05) is 30.3 Å². The molecule has 0 aliphatic carbocycles. The van der Waals surface area contributed by atoms with Crippen molar-refractivity contribution in [2.45, 2.75) is 25.9 Å². The summed E-state index contributed by atoms with van der Waals surface area (Å²) in [7, 11) is 3.22. The molecule has 0 atom stereocenters. The Kier molecular flexibility index (Phi) is 9.77. The fourth-order valence-electron chi connectivity index (χ4n) is 4.02. The van der Waals surface area contributed by atoms with Crippen LogP contribution in [0, 0.1) is 5.82 Å². The Morgan fingerprint density at radius 3 is 2.58 bits per heavy atom. The zero-order valence-corrected chi connectivity index (χ0v) is 22.3. The lowest BCUT2D eigenvalue weighted by Gasteiger charge is -2.22. The molecule has 2 aromatic heterocycles. The summed E-state index contributed by atoms with van der Waals surface area (Å²) in [5.74, 6) is 0.891.